The van der Waals surface area contributed by atoms with Crippen LogP contribution in [0.25, 0.3) is 5.70 Å². The van der Waals surface area contributed by atoms with Crippen LogP contribution in [0, 0.1) is 0 Å². The average Bonchev–Trinajstić information content (AvgIpc) is 2.03. The van der Waals surface area contributed by atoms with Gasteiger partial charge in [0, 0.05) is 10.7 Å². The Morgan fingerprint density at radius 3 is 2.83 bits per heavy atom. The number of pyridine rings is 1. The summed E-state index contributed by atoms with van der Waals surface area (Å²) in [5, 5.41) is 9.01. The lowest BCUT2D eigenvalue weighted by Crippen LogP contribution is -2.02. The average molecular weight is 230 g/mol. The van der Waals surface area contributed by atoms with E-state index in [9.17, 15) is 0 Å². The summed E-state index contributed by atoms with van der Waals surface area (Å²) >= 11 is 3.19. The molecule has 0 amide bonds. The summed E-state index contributed by atoms with van der Waals surface area (Å²) in [6, 6.07) is 1.50. The van der Waals surface area contributed by atoms with E-state index in [4.69, 9.17) is 16.6 Å². The number of hydrogen-bond donors (Lipinski definition) is 3. The van der Waals surface area contributed by atoms with E-state index in [0.717, 1.165) is 0 Å². The maximum absolute atomic E-state index is 9.01. The van der Waals surface area contributed by atoms with E-state index in [0.29, 0.717) is 15.9 Å². The minimum atomic E-state index is 0.0791. The molecule has 64 valence electrons. The van der Waals surface area contributed by atoms with Gasteiger partial charge in [-0.15, -0.1) is 0 Å². The molecule has 0 atom stereocenters. The van der Waals surface area contributed by atoms with Crippen molar-refractivity contribution in [2.45, 2.75) is 0 Å². The summed E-state index contributed by atoms with van der Waals surface area (Å²) in [6.45, 7) is 0. The van der Waals surface area contributed by atoms with Crippen LogP contribution in [0.3, 0.4) is 0 Å². The molecule has 12 heavy (non-hydrogen) atoms. The maximum Gasteiger partial charge on any atom is 0.135 e. The standard InChI is InChI=1S/C7H8BrN3O/c8-5-1-4(12)3-11-7(5)6(10)2-9/h1-3,12H,9-10H2. The summed E-state index contributed by atoms with van der Waals surface area (Å²) in [6.07, 6.45) is 2.56. The third-order valence-electron chi connectivity index (χ3n) is 1.28. The molecule has 5 N–H and O–H groups in total. The topological polar surface area (TPSA) is 85.2 Å². The molecule has 0 unspecified atom stereocenters. The molecule has 0 radical (unpaired) electrons. The lowest BCUT2D eigenvalue weighted by molar-refractivity contribution is 0.472. The first kappa shape index (κ1) is 8.86. The van der Waals surface area contributed by atoms with Gasteiger partial charge in [-0.1, -0.05) is 0 Å². The van der Waals surface area contributed by atoms with Crippen molar-refractivity contribution < 1.29 is 5.11 Å². The van der Waals surface area contributed by atoms with Gasteiger partial charge in [-0.2, -0.15) is 0 Å². The van der Waals surface area contributed by atoms with Crippen molar-refractivity contribution in [2.75, 3.05) is 0 Å². The quantitative estimate of drug-likeness (QED) is 0.665. The number of rotatable bonds is 1. The fraction of sp³-hybridized carbons (Fsp3) is 0. The lowest BCUT2D eigenvalue weighted by atomic mass is 10.3. The predicted octanol–water partition coefficient (Wildman–Crippen LogP) is 0.765. The van der Waals surface area contributed by atoms with E-state index in [2.05, 4.69) is 20.9 Å². The van der Waals surface area contributed by atoms with Gasteiger partial charge in [-0.25, -0.2) is 4.98 Å². The second kappa shape index (κ2) is 3.44. The van der Waals surface area contributed by atoms with Crippen LogP contribution in [0.5, 0.6) is 5.75 Å². The van der Waals surface area contributed by atoms with E-state index >= 15 is 0 Å². The van der Waals surface area contributed by atoms with E-state index in [1.54, 1.807) is 0 Å². The molecule has 1 aromatic rings. The van der Waals surface area contributed by atoms with Gasteiger partial charge >= 0.3 is 0 Å². The van der Waals surface area contributed by atoms with Crippen LogP contribution in [0.4, 0.5) is 0 Å². The second-order valence-electron chi connectivity index (χ2n) is 2.15. The summed E-state index contributed by atoms with van der Waals surface area (Å²) < 4.78 is 0.613. The van der Waals surface area contributed by atoms with Gasteiger partial charge in [-0.3, -0.25) is 0 Å². The highest BCUT2D eigenvalue weighted by Crippen LogP contribution is 2.22. The van der Waals surface area contributed by atoms with Crippen LogP contribution in [-0.2, 0) is 0 Å². The van der Waals surface area contributed by atoms with Crippen molar-refractivity contribution in [3.8, 4) is 5.75 Å². The van der Waals surface area contributed by atoms with Crippen LogP contribution in [0.15, 0.2) is 22.9 Å². The summed E-state index contributed by atoms with van der Waals surface area (Å²) in [5.74, 6) is 0.0791. The maximum atomic E-state index is 9.01. The number of nitrogens with zero attached hydrogens (tertiary/aromatic N) is 1. The Morgan fingerprint density at radius 1 is 1.67 bits per heavy atom. The van der Waals surface area contributed by atoms with E-state index in [1.807, 2.05) is 0 Å². The molecule has 0 aromatic carbocycles. The van der Waals surface area contributed by atoms with Crippen molar-refractivity contribution in [3.63, 3.8) is 0 Å². The Morgan fingerprint density at radius 2 is 2.33 bits per heavy atom. The smallest absolute Gasteiger partial charge is 0.135 e. The van der Waals surface area contributed by atoms with Gasteiger partial charge in [0.15, 0.2) is 0 Å². The third-order valence-corrected chi connectivity index (χ3v) is 1.88. The van der Waals surface area contributed by atoms with E-state index in [-0.39, 0.29) is 5.75 Å². The highest BCUT2D eigenvalue weighted by molar-refractivity contribution is 9.10. The molecule has 0 aliphatic heterocycles. The molecule has 5 heteroatoms. The molecule has 0 spiro atoms. The third kappa shape index (κ3) is 1.68. The largest absolute Gasteiger partial charge is 0.506 e. The molecule has 0 saturated heterocycles. The highest BCUT2D eigenvalue weighted by Gasteiger charge is 2.04. The minimum Gasteiger partial charge on any atom is -0.506 e. The van der Waals surface area contributed by atoms with Crippen molar-refractivity contribution in [1.82, 2.24) is 4.98 Å². The number of nitrogens with two attached hydrogens (primary N) is 2. The minimum absolute atomic E-state index is 0.0791. The zero-order valence-corrected chi connectivity index (χ0v) is 7.75. The van der Waals surface area contributed by atoms with Crippen LogP contribution in [0.1, 0.15) is 5.69 Å². The molecule has 0 aliphatic rings. The molecule has 1 aromatic heterocycles. The second-order valence-corrected chi connectivity index (χ2v) is 3.00. The van der Waals surface area contributed by atoms with Crippen LogP contribution in [0.2, 0.25) is 0 Å². The van der Waals surface area contributed by atoms with Crippen LogP contribution in [-0.4, -0.2) is 10.1 Å². The number of hydrogen-bond acceptors (Lipinski definition) is 4. The lowest BCUT2D eigenvalue weighted by Gasteiger charge is -2.02. The Hall–Kier alpha value is -1.23. The molecule has 1 rings (SSSR count). The van der Waals surface area contributed by atoms with Crippen molar-refractivity contribution >= 4 is 21.6 Å². The SMILES string of the molecule is NC=C(N)c1ncc(O)cc1Br. The Kier molecular flexibility index (Phi) is 2.54. The Balaban J connectivity index is 3.18. The van der Waals surface area contributed by atoms with Crippen molar-refractivity contribution in [1.29, 1.82) is 0 Å². The number of halogens is 1. The van der Waals surface area contributed by atoms with Crippen LogP contribution >= 0.6 is 15.9 Å². The van der Waals surface area contributed by atoms with Gasteiger partial charge in [0.1, 0.15) is 11.4 Å². The van der Waals surface area contributed by atoms with Crippen molar-refractivity contribution in [2.24, 2.45) is 11.5 Å². The summed E-state index contributed by atoms with van der Waals surface area (Å²) in [4.78, 5) is 3.88. The Labute approximate surface area is 78.0 Å². The van der Waals surface area contributed by atoms with E-state index in [1.165, 1.54) is 18.5 Å². The van der Waals surface area contributed by atoms with Gasteiger partial charge < -0.3 is 16.6 Å². The number of aromatic hydroxyl groups is 1. The molecule has 0 saturated carbocycles. The van der Waals surface area contributed by atoms with Crippen LogP contribution < -0.4 is 11.5 Å². The molecule has 4 nitrogen and oxygen atoms in total. The normalized spacial score (nSPS) is 11.6. The first-order chi connectivity index (χ1) is 5.65. The van der Waals surface area contributed by atoms with Gasteiger partial charge in [0.25, 0.3) is 0 Å². The zero-order chi connectivity index (χ0) is 9.14. The first-order valence-electron chi connectivity index (χ1n) is 3.17. The molecule has 0 aliphatic carbocycles. The van der Waals surface area contributed by atoms with Gasteiger partial charge in [0.05, 0.1) is 11.9 Å². The highest BCUT2D eigenvalue weighted by atomic mass is 79.9. The van der Waals surface area contributed by atoms with Gasteiger partial charge in [-0.05, 0) is 22.0 Å². The molecule has 1 heterocycles. The van der Waals surface area contributed by atoms with Crippen molar-refractivity contribution in [3.05, 3.63) is 28.6 Å². The molecular weight excluding hydrogens is 222 g/mol. The fourth-order valence-electron chi connectivity index (χ4n) is 0.719. The number of aromatic nitrogens is 1. The Bertz CT molecular complexity index is 324. The molecular formula is C7H8BrN3O. The van der Waals surface area contributed by atoms with Gasteiger partial charge in [0.2, 0.25) is 0 Å². The van der Waals surface area contributed by atoms with E-state index < -0.39 is 0 Å². The zero-order valence-electron chi connectivity index (χ0n) is 6.16. The summed E-state index contributed by atoms with van der Waals surface area (Å²) in [7, 11) is 0. The first-order valence-corrected chi connectivity index (χ1v) is 3.96. The fourth-order valence-corrected chi connectivity index (χ4v) is 1.29. The molecule has 0 fully saturated rings. The predicted molar refractivity (Wildman–Crippen MR) is 50.0 cm³/mol. The molecule has 0 bridgehead atoms. The monoisotopic (exact) mass is 229 g/mol. The summed E-state index contributed by atoms with van der Waals surface area (Å²) in [5.41, 5.74) is 11.6.